The molecule has 0 heterocycles. The third-order valence-corrected chi connectivity index (χ3v) is 3.99. The predicted molar refractivity (Wildman–Crippen MR) is 103 cm³/mol. The number of anilines is 2. The Kier molecular flexibility index (Phi) is 5.54. The first-order chi connectivity index (χ1) is 12.7. The van der Waals surface area contributed by atoms with Crippen LogP contribution < -0.4 is 14.8 Å². The smallest absolute Gasteiger partial charge is 0.162 e. The Morgan fingerprint density at radius 2 is 1.62 bits per heavy atom. The van der Waals surface area contributed by atoms with Gasteiger partial charge in [-0.2, -0.15) is 0 Å². The fraction of sp³-hybridized carbons (Fsp3) is 0.136. The summed E-state index contributed by atoms with van der Waals surface area (Å²) >= 11 is 0. The van der Waals surface area contributed by atoms with Gasteiger partial charge in [-0.1, -0.05) is 30.3 Å². The van der Waals surface area contributed by atoms with Gasteiger partial charge in [-0.3, -0.25) is 4.79 Å². The largest absolute Gasteiger partial charge is 0.497 e. The molecule has 0 radical (unpaired) electrons. The molecule has 0 saturated heterocycles. The first kappa shape index (κ1) is 17.5. The summed E-state index contributed by atoms with van der Waals surface area (Å²) in [5, 5.41) is 3.27. The number of ether oxygens (including phenoxy) is 2. The minimum absolute atomic E-state index is 0.0192. The van der Waals surface area contributed by atoms with Gasteiger partial charge in [0.15, 0.2) is 5.78 Å². The van der Waals surface area contributed by atoms with E-state index in [2.05, 4.69) is 5.32 Å². The normalized spacial score (nSPS) is 10.2. The zero-order chi connectivity index (χ0) is 18.4. The van der Waals surface area contributed by atoms with Crippen LogP contribution in [0.4, 0.5) is 11.4 Å². The number of rotatable bonds is 7. The third kappa shape index (κ3) is 4.42. The lowest BCUT2D eigenvalue weighted by Crippen LogP contribution is -2.01. The van der Waals surface area contributed by atoms with Gasteiger partial charge in [-0.05, 0) is 55.0 Å². The molecule has 0 amide bonds. The maximum Gasteiger partial charge on any atom is 0.162 e. The summed E-state index contributed by atoms with van der Waals surface area (Å²) in [5.41, 5.74) is 3.34. The average molecular weight is 347 g/mol. The van der Waals surface area contributed by atoms with Gasteiger partial charge in [0.1, 0.15) is 18.1 Å². The van der Waals surface area contributed by atoms with Gasteiger partial charge < -0.3 is 14.8 Å². The lowest BCUT2D eigenvalue weighted by atomic mass is 10.1. The summed E-state index contributed by atoms with van der Waals surface area (Å²) in [5.74, 6) is 1.43. The van der Waals surface area contributed by atoms with Crippen LogP contribution in [0.25, 0.3) is 0 Å². The molecule has 132 valence electrons. The minimum atomic E-state index is -0.0192. The molecule has 0 spiro atoms. The number of carbonyl (C=O) groups is 1. The van der Waals surface area contributed by atoms with Crippen LogP contribution in [0.15, 0.2) is 72.8 Å². The molecule has 3 rings (SSSR count). The monoisotopic (exact) mass is 347 g/mol. The highest BCUT2D eigenvalue weighted by Gasteiger charge is 2.09. The second-order valence-electron chi connectivity index (χ2n) is 5.89. The van der Waals surface area contributed by atoms with Gasteiger partial charge in [-0.15, -0.1) is 0 Å². The van der Waals surface area contributed by atoms with Crippen molar-refractivity contribution in [3.63, 3.8) is 0 Å². The van der Waals surface area contributed by atoms with Crippen molar-refractivity contribution in [2.24, 2.45) is 0 Å². The van der Waals surface area contributed by atoms with Crippen LogP contribution in [0.2, 0.25) is 0 Å². The molecule has 0 saturated carbocycles. The summed E-state index contributed by atoms with van der Waals surface area (Å²) in [6, 6.07) is 23.1. The minimum Gasteiger partial charge on any atom is -0.497 e. The number of carbonyl (C=O) groups excluding carboxylic acids is 1. The number of nitrogens with one attached hydrogen (secondary N) is 1. The standard InChI is InChI=1S/C22H21NO3/c1-16(24)21-14-20(25-2)12-13-22(21)23-18-8-10-19(11-9-18)26-15-17-6-4-3-5-7-17/h3-14,23H,15H2,1-2H3. The van der Waals surface area contributed by atoms with Crippen LogP contribution in [0.5, 0.6) is 11.5 Å². The van der Waals surface area contributed by atoms with Crippen LogP contribution >= 0.6 is 0 Å². The Morgan fingerprint density at radius 3 is 2.27 bits per heavy atom. The summed E-state index contributed by atoms with van der Waals surface area (Å²) < 4.78 is 11.0. The van der Waals surface area contributed by atoms with Gasteiger partial charge >= 0.3 is 0 Å². The summed E-state index contributed by atoms with van der Waals surface area (Å²) in [4.78, 5) is 11.9. The fourth-order valence-corrected chi connectivity index (χ4v) is 2.58. The predicted octanol–water partition coefficient (Wildman–Crippen LogP) is 5.22. The Morgan fingerprint density at radius 1 is 0.923 bits per heavy atom. The maximum absolute atomic E-state index is 11.9. The molecule has 3 aromatic rings. The number of hydrogen-bond donors (Lipinski definition) is 1. The zero-order valence-electron chi connectivity index (χ0n) is 14.9. The van der Waals surface area contributed by atoms with Crippen molar-refractivity contribution >= 4 is 17.2 Å². The van der Waals surface area contributed by atoms with Crippen molar-refractivity contribution in [2.45, 2.75) is 13.5 Å². The van der Waals surface area contributed by atoms with Crippen molar-refractivity contribution in [3.8, 4) is 11.5 Å². The van der Waals surface area contributed by atoms with Crippen LogP contribution in [-0.4, -0.2) is 12.9 Å². The van der Waals surface area contributed by atoms with E-state index in [9.17, 15) is 4.79 Å². The van der Waals surface area contributed by atoms with E-state index in [4.69, 9.17) is 9.47 Å². The highest BCUT2D eigenvalue weighted by Crippen LogP contribution is 2.27. The quantitative estimate of drug-likeness (QED) is 0.595. The summed E-state index contributed by atoms with van der Waals surface area (Å²) in [6.07, 6.45) is 0. The Labute approximate surface area is 153 Å². The van der Waals surface area contributed by atoms with Crippen molar-refractivity contribution in [3.05, 3.63) is 83.9 Å². The Hall–Kier alpha value is -3.27. The first-order valence-electron chi connectivity index (χ1n) is 8.38. The number of ketones is 1. The van der Waals surface area contributed by atoms with Gasteiger partial charge in [0.25, 0.3) is 0 Å². The molecule has 0 aliphatic carbocycles. The molecule has 0 fully saturated rings. The van der Waals surface area contributed by atoms with Gasteiger partial charge in [0, 0.05) is 16.9 Å². The molecule has 0 aliphatic rings. The number of Topliss-reactive ketones (excluding diaryl/α,β-unsaturated/α-hetero) is 1. The highest BCUT2D eigenvalue weighted by molar-refractivity contribution is 6.00. The second-order valence-corrected chi connectivity index (χ2v) is 5.89. The highest BCUT2D eigenvalue weighted by atomic mass is 16.5. The van der Waals surface area contributed by atoms with E-state index >= 15 is 0 Å². The number of methoxy groups -OCH3 is 1. The van der Waals surface area contributed by atoms with E-state index in [1.54, 1.807) is 20.1 Å². The molecule has 26 heavy (non-hydrogen) atoms. The van der Waals surface area contributed by atoms with Gasteiger partial charge in [0.2, 0.25) is 0 Å². The molecule has 4 nitrogen and oxygen atoms in total. The maximum atomic E-state index is 11.9. The second kappa shape index (κ2) is 8.21. The van der Waals surface area contributed by atoms with Crippen LogP contribution in [0.1, 0.15) is 22.8 Å². The van der Waals surface area contributed by atoms with Crippen molar-refractivity contribution in [1.29, 1.82) is 0 Å². The fourth-order valence-electron chi connectivity index (χ4n) is 2.58. The van der Waals surface area contributed by atoms with Gasteiger partial charge in [0.05, 0.1) is 7.11 Å². The SMILES string of the molecule is COc1ccc(Nc2ccc(OCc3ccccc3)cc2)c(C(C)=O)c1. The lowest BCUT2D eigenvalue weighted by molar-refractivity contribution is 0.101. The van der Waals surface area contributed by atoms with E-state index in [1.807, 2.05) is 66.7 Å². The van der Waals surface area contributed by atoms with Crippen molar-refractivity contribution < 1.29 is 14.3 Å². The van der Waals surface area contributed by atoms with Crippen molar-refractivity contribution in [2.75, 3.05) is 12.4 Å². The summed E-state index contributed by atoms with van der Waals surface area (Å²) in [7, 11) is 1.58. The van der Waals surface area contributed by atoms with Gasteiger partial charge in [-0.25, -0.2) is 0 Å². The zero-order valence-corrected chi connectivity index (χ0v) is 14.9. The van der Waals surface area contributed by atoms with E-state index < -0.39 is 0 Å². The molecule has 1 N–H and O–H groups in total. The first-order valence-corrected chi connectivity index (χ1v) is 8.38. The van der Waals surface area contributed by atoms with Crippen LogP contribution in [-0.2, 0) is 6.61 Å². The topological polar surface area (TPSA) is 47.6 Å². The molecular weight excluding hydrogens is 326 g/mol. The molecule has 3 aromatic carbocycles. The average Bonchev–Trinajstić information content (AvgIpc) is 2.68. The molecule has 0 aliphatic heterocycles. The van der Waals surface area contributed by atoms with E-state index in [0.717, 1.165) is 22.7 Å². The third-order valence-electron chi connectivity index (χ3n) is 3.99. The number of hydrogen-bond acceptors (Lipinski definition) is 4. The van der Waals surface area contributed by atoms with Crippen LogP contribution in [0.3, 0.4) is 0 Å². The Bertz CT molecular complexity index is 874. The molecule has 0 unspecified atom stereocenters. The molecular formula is C22H21NO3. The van der Waals surface area contributed by atoms with E-state index in [-0.39, 0.29) is 5.78 Å². The molecule has 0 atom stereocenters. The number of benzene rings is 3. The molecule has 4 heteroatoms. The van der Waals surface area contributed by atoms with E-state index in [1.165, 1.54) is 0 Å². The summed E-state index contributed by atoms with van der Waals surface area (Å²) in [6.45, 7) is 2.07. The lowest BCUT2D eigenvalue weighted by Gasteiger charge is -2.13. The van der Waals surface area contributed by atoms with Crippen molar-refractivity contribution in [1.82, 2.24) is 0 Å². The molecule has 0 bridgehead atoms. The Balaban J connectivity index is 1.68. The van der Waals surface area contributed by atoms with Crippen LogP contribution in [0, 0.1) is 0 Å². The molecule has 0 aromatic heterocycles. The van der Waals surface area contributed by atoms with E-state index in [0.29, 0.717) is 17.9 Å².